The molecular weight excluding hydrogens is 475 g/mol. The average molecular weight is 510 g/mol. The number of halogens is 1. The number of aliphatic imine (C=N–C) groups is 1. The Morgan fingerprint density at radius 3 is 2.82 bits per heavy atom. The predicted molar refractivity (Wildman–Crippen MR) is 120 cm³/mol. The van der Waals surface area contributed by atoms with E-state index in [-0.39, 0.29) is 24.0 Å². The number of rotatable bonds is 11. The number of guanidine groups is 1. The van der Waals surface area contributed by atoms with Crippen LogP contribution in [0, 0.1) is 0 Å². The van der Waals surface area contributed by atoms with Crippen molar-refractivity contribution in [2.24, 2.45) is 4.99 Å². The minimum absolute atomic E-state index is 0. The van der Waals surface area contributed by atoms with Crippen LogP contribution >= 0.6 is 24.0 Å². The van der Waals surface area contributed by atoms with Gasteiger partial charge in [0, 0.05) is 39.3 Å². The molecular formula is C19H35IN4O4. The van der Waals surface area contributed by atoms with Gasteiger partial charge < -0.3 is 29.6 Å². The molecule has 8 nitrogen and oxygen atoms in total. The molecule has 0 spiro atoms. The molecule has 1 fully saturated rings. The molecule has 0 aliphatic carbocycles. The fourth-order valence-corrected chi connectivity index (χ4v) is 2.83. The van der Waals surface area contributed by atoms with Crippen LogP contribution in [0.2, 0.25) is 0 Å². The minimum Gasteiger partial charge on any atom is -0.467 e. The van der Waals surface area contributed by atoms with Crippen LogP contribution in [-0.4, -0.2) is 80.7 Å². The Balaban J connectivity index is 0.00000392. The molecule has 0 saturated carbocycles. The van der Waals surface area contributed by atoms with E-state index < -0.39 is 5.60 Å². The van der Waals surface area contributed by atoms with Crippen LogP contribution in [0.3, 0.4) is 0 Å². The molecule has 0 amide bonds. The molecule has 2 heterocycles. The van der Waals surface area contributed by atoms with Crippen LogP contribution in [-0.2, 0) is 16.1 Å². The lowest BCUT2D eigenvalue weighted by molar-refractivity contribution is -0.0180. The van der Waals surface area contributed by atoms with Gasteiger partial charge in [-0.1, -0.05) is 0 Å². The van der Waals surface area contributed by atoms with Crippen LogP contribution in [0.5, 0.6) is 0 Å². The number of hydrogen-bond donors (Lipinski definition) is 3. The van der Waals surface area contributed by atoms with Crippen LogP contribution in [0.1, 0.15) is 26.0 Å². The fourth-order valence-electron chi connectivity index (χ4n) is 2.83. The number of β-amino-alcohol motifs (C(OH)–C–C–N with tert-alkyl or cyclic N) is 1. The van der Waals surface area contributed by atoms with Crippen molar-refractivity contribution in [3.05, 3.63) is 24.2 Å². The Hall–Kier alpha value is -0.880. The number of nitrogens with one attached hydrogen (secondary N) is 2. The maximum Gasteiger partial charge on any atom is 0.191 e. The van der Waals surface area contributed by atoms with E-state index in [1.54, 1.807) is 6.26 Å². The van der Waals surface area contributed by atoms with Crippen molar-refractivity contribution in [3.63, 3.8) is 0 Å². The highest BCUT2D eigenvalue weighted by Crippen LogP contribution is 2.09. The topological polar surface area (TPSA) is 91.5 Å². The predicted octanol–water partition coefficient (Wildman–Crippen LogP) is 1.44. The van der Waals surface area contributed by atoms with Crippen molar-refractivity contribution in [2.75, 3.05) is 59.1 Å². The molecule has 1 aromatic rings. The third-order valence-electron chi connectivity index (χ3n) is 4.17. The molecule has 0 aromatic carbocycles. The summed E-state index contributed by atoms with van der Waals surface area (Å²) < 4.78 is 16.1. The highest BCUT2D eigenvalue weighted by molar-refractivity contribution is 14.0. The third-order valence-corrected chi connectivity index (χ3v) is 4.17. The van der Waals surface area contributed by atoms with Gasteiger partial charge in [-0.05, 0) is 32.4 Å². The summed E-state index contributed by atoms with van der Waals surface area (Å²) in [5.41, 5.74) is -0.869. The Labute approximate surface area is 185 Å². The monoisotopic (exact) mass is 510 g/mol. The molecule has 162 valence electrons. The first-order chi connectivity index (χ1) is 13.1. The first kappa shape index (κ1) is 25.2. The van der Waals surface area contributed by atoms with E-state index in [0.717, 1.165) is 51.6 Å². The van der Waals surface area contributed by atoms with E-state index in [4.69, 9.17) is 13.9 Å². The highest BCUT2D eigenvalue weighted by atomic mass is 127. The van der Waals surface area contributed by atoms with Crippen LogP contribution in [0.25, 0.3) is 0 Å². The number of hydrogen-bond acceptors (Lipinski definition) is 6. The standard InChI is InChI=1S/C19H34N4O4.HI/c1-3-20-18(21-7-5-10-26-14-17-6-4-11-27-17)22-15-19(2,24)16-23-8-12-25-13-9-23;/h4,6,11,24H,3,5,7-10,12-16H2,1-2H3,(H2,20,21,22);1H. The van der Waals surface area contributed by atoms with Gasteiger partial charge in [-0.2, -0.15) is 0 Å². The molecule has 9 heteroatoms. The van der Waals surface area contributed by atoms with Gasteiger partial charge in [0.05, 0.1) is 31.6 Å². The average Bonchev–Trinajstić information content (AvgIpc) is 3.16. The number of ether oxygens (including phenoxy) is 2. The van der Waals surface area contributed by atoms with Crippen molar-refractivity contribution in [2.45, 2.75) is 32.5 Å². The second-order valence-electron chi connectivity index (χ2n) is 6.99. The first-order valence-electron chi connectivity index (χ1n) is 9.74. The number of aliphatic hydroxyl groups is 1. The van der Waals surface area contributed by atoms with Crippen LogP contribution in [0.15, 0.2) is 27.8 Å². The van der Waals surface area contributed by atoms with Gasteiger partial charge in [-0.25, -0.2) is 0 Å². The summed E-state index contributed by atoms with van der Waals surface area (Å²) in [6.45, 7) is 10.6. The summed E-state index contributed by atoms with van der Waals surface area (Å²) in [6.07, 6.45) is 2.50. The lowest BCUT2D eigenvalue weighted by atomic mass is 10.1. The zero-order valence-electron chi connectivity index (χ0n) is 17.0. The van der Waals surface area contributed by atoms with E-state index in [1.807, 2.05) is 26.0 Å². The Morgan fingerprint density at radius 1 is 1.36 bits per heavy atom. The van der Waals surface area contributed by atoms with E-state index in [1.165, 1.54) is 0 Å². The van der Waals surface area contributed by atoms with Crippen molar-refractivity contribution in [1.29, 1.82) is 0 Å². The Kier molecular flexibility index (Phi) is 12.7. The quantitative estimate of drug-likeness (QED) is 0.180. The number of furan rings is 1. The zero-order chi connectivity index (χ0) is 19.4. The van der Waals surface area contributed by atoms with Crippen molar-refractivity contribution in [1.82, 2.24) is 15.5 Å². The zero-order valence-corrected chi connectivity index (χ0v) is 19.3. The molecule has 2 rings (SSSR count). The summed E-state index contributed by atoms with van der Waals surface area (Å²) in [4.78, 5) is 6.76. The lowest BCUT2D eigenvalue weighted by Gasteiger charge is -2.33. The van der Waals surface area contributed by atoms with Crippen molar-refractivity contribution >= 4 is 29.9 Å². The highest BCUT2D eigenvalue weighted by Gasteiger charge is 2.25. The third kappa shape index (κ3) is 10.6. The molecule has 0 radical (unpaired) electrons. The molecule has 1 aliphatic rings. The summed E-state index contributed by atoms with van der Waals surface area (Å²) in [5, 5.41) is 17.1. The summed E-state index contributed by atoms with van der Waals surface area (Å²) in [6, 6.07) is 3.75. The lowest BCUT2D eigenvalue weighted by Crippen LogP contribution is -2.48. The van der Waals surface area contributed by atoms with Gasteiger partial charge in [0.2, 0.25) is 0 Å². The number of nitrogens with zero attached hydrogens (tertiary/aromatic N) is 2. The van der Waals surface area contributed by atoms with Gasteiger partial charge in [0.15, 0.2) is 5.96 Å². The van der Waals surface area contributed by atoms with Gasteiger partial charge in [0.1, 0.15) is 12.4 Å². The molecule has 28 heavy (non-hydrogen) atoms. The molecule has 1 saturated heterocycles. The van der Waals surface area contributed by atoms with Crippen molar-refractivity contribution in [3.8, 4) is 0 Å². The normalized spacial score (nSPS) is 17.6. The molecule has 3 N–H and O–H groups in total. The largest absolute Gasteiger partial charge is 0.467 e. The van der Waals surface area contributed by atoms with E-state index in [2.05, 4.69) is 20.5 Å². The summed E-state index contributed by atoms with van der Waals surface area (Å²) in [5.74, 6) is 1.55. The molecule has 1 aromatic heterocycles. The van der Waals surface area contributed by atoms with Crippen LogP contribution in [0.4, 0.5) is 0 Å². The minimum atomic E-state index is -0.869. The smallest absolute Gasteiger partial charge is 0.191 e. The van der Waals surface area contributed by atoms with E-state index in [0.29, 0.717) is 32.3 Å². The maximum atomic E-state index is 10.6. The van der Waals surface area contributed by atoms with Crippen molar-refractivity contribution < 1.29 is 19.0 Å². The summed E-state index contributed by atoms with van der Waals surface area (Å²) >= 11 is 0. The first-order valence-corrected chi connectivity index (χ1v) is 9.74. The van der Waals surface area contributed by atoms with E-state index in [9.17, 15) is 5.11 Å². The Bertz CT molecular complexity index is 534. The second kappa shape index (κ2) is 14.2. The van der Waals surface area contributed by atoms with Crippen LogP contribution < -0.4 is 10.6 Å². The molecule has 0 bridgehead atoms. The fraction of sp³-hybridized carbons (Fsp3) is 0.737. The molecule has 1 atom stereocenters. The van der Waals surface area contributed by atoms with Gasteiger partial charge in [-0.3, -0.25) is 9.89 Å². The van der Waals surface area contributed by atoms with Gasteiger partial charge in [0.25, 0.3) is 0 Å². The molecule has 1 unspecified atom stereocenters. The maximum absolute atomic E-state index is 10.6. The van der Waals surface area contributed by atoms with Gasteiger partial charge in [-0.15, -0.1) is 24.0 Å². The summed E-state index contributed by atoms with van der Waals surface area (Å²) in [7, 11) is 0. The Morgan fingerprint density at radius 2 is 2.14 bits per heavy atom. The van der Waals surface area contributed by atoms with E-state index >= 15 is 0 Å². The second-order valence-corrected chi connectivity index (χ2v) is 6.99. The SMILES string of the molecule is CCNC(=NCC(C)(O)CN1CCOCC1)NCCCOCc1ccco1.I. The molecule has 1 aliphatic heterocycles. The number of morpholine rings is 1. The van der Waals surface area contributed by atoms with Gasteiger partial charge >= 0.3 is 0 Å².